The minimum atomic E-state index is -3.72. The number of benzene rings is 1. The number of hydrogen-bond acceptors (Lipinski definition) is 4. The lowest BCUT2D eigenvalue weighted by Crippen LogP contribution is -2.16. The average molecular weight is 308 g/mol. The predicted octanol–water partition coefficient (Wildman–Crippen LogP) is 1.86. The third-order valence-electron chi connectivity index (χ3n) is 3.59. The lowest BCUT2D eigenvalue weighted by molar-refractivity contribution is 0.597. The summed E-state index contributed by atoms with van der Waals surface area (Å²) in [6.45, 7) is 5.77. The van der Waals surface area contributed by atoms with Gasteiger partial charge in [0.05, 0.1) is 10.9 Å². The van der Waals surface area contributed by atoms with Crippen molar-refractivity contribution in [1.82, 2.24) is 9.55 Å². The molecule has 0 aliphatic heterocycles. The SMILES string of the molecule is Cc1cc(S(N)(=O)=O)cc(NC(C)c2nccn2C)c1C. The third-order valence-corrected chi connectivity index (χ3v) is 4.48. The second kappa shape index (κ2) is 5.50. The first-order valence-electron chi connectivity index (χ1n) is 6.58. The van der Waals surface area contributed by atoms with Crippen molar-refractivity contribution in [2.24, 2.45) is 12.2 Å². The number of anilines is 1. The van der Waals surface area contributed by atoms with E-state index in [-0.39, 0.29) is 10.9 Å². The summed E-state index contributed by atoms with van der Waals surface area (Å²) in [7, 11) is -1.81. The number of aryl methyl sites for hydroxylation is 2. The van der Waals surface area contributed by atoms with E-state index in [1.807, 2.05) is 38.6 Å². The number of sulfonamides is 1. The lowest BCUT2D eigenvalue weighted by Gasteiger charge is -2.19. The van der Waals surface area contributed by atoms with Crippen molar-refractivity contribution >= 4 is 15.7 Å². The highest BCUT2D eigenvalue weighted by Crippen LogP contribution is 2.26. The van der Waals surface area contributed by atoms with Gasteiger partial charge in [0.1, 0.15) is 5.82 Å². The minimum Gasteiger partial charge on any atom is -0.375 e. The van der Waals surface area contributed by atoms with Gasteiger partial charge in [-0.25, -0.2) is 18.5 Å². The Hall–Kier alpha value is -1.86. The van der Waals surface area contributed by atoms with E-state index in [1.54, 1.807) is 18.3 Å². The first kappa shape index (κ1) is 15.5. The number of nitrogens with zero attached hydrogens (tertiary/aromatic N) is 2. The van der Waals surface area contributed by atoms with Gasteiger partial charge in [-0.2, -0.15) is 0 Å². The van der Waals surface area contributed by atoms with Crippen LogP contribution in [0.5, 0.6) is 0 Å². The number of aromatic nitrogens is 2. The van der Waals surface area contributed by atoms with E-state index < -0.39 is 10.0 Å². The van der Waals surface area contributed by atoms with Crippen LogP contribution >= 0.6 is 0 Å². The van der Waals surface area contributed by atoms with Crippen molar-refractivity contribution in [3.63, 3.8) is 0 Å². The van der Waals surface area contributed by atoms with Crippen LogP contribution in [0.2, 0.25) is 0 Å². The van der Waals surface area contributed by atoms with Gasteiger partial charge < -0.3 is 9.88 Å². The predicted molar refractivity (Wildman–Crippen MR) is 82.5 cm³/mol. The Bertz CT molecular complexity index is 765. The van der Waals surface area contributed by atoms with Gasteiger partial charge in [-0.1, -0.05) is 0 Å². The molecule has 0 saturated carbocycles. The first-order chi connectivity index (χ1) is 9.70. The van der Waals surface area contributed by atoms with E-state index in [9.17, 15) is 8.42 Å². The fourth-order valence-corrected chi connectivity index (χ4v) is 2.86. The molecule has 21 heavy (non-hydrogen) atoms. The molecule has 1 aromatic heterocycles. The van der Waals surface area contributed by atoms with Crippen LogP contribution < -0.4 is 10.5 Å². The molecule has 7 heteroatoms. The van der Waals surface area contributed by atoms with Crippen LogP contribution in [-0.2, 0) is 17.1 Å². The van der Waals surface area contributed by atoms with Crippen molar-refractivity contribution in [2.75, 3.05) is 5.32 Å². The highest BCUT2D eigenvalue weighted by molar-refractivity contribution is 7.89. The molecule has 0 bridgehead atoms. The smallest absolute Gasteiger partial charge is 0.238 e. The molecule has 3 N–H and O–H groups in total. The number of rotatable bonds is 4. The van der Waals surface area contributed by atoms with Crippen molar-refractivity contribution in [1.29, 1.82) is 0 Å². The van der Waals surface area contributed by atoms with Crippen LogP contribution in [0.15, 0.2) is 29.4 Å². The van der Waals surface area contributed by atoms with Gasteiger partial charge >= 0.3 is 0 Å². The van der Waals surface area contributed by atoms with Gasteiger partial charge in [-0.3, -0.25) is 0 Å². The topological polar surface area (TPSA) is 90.0 Å². The number of primary sulfonamides is 1. The standard InChI is InChI=1S/C14H20N4O2S/c1-9-7-12(21(15,19)20)8-13(10(9)2)17-11(3)14-16-5-6-18(14)4/h5-8,11,17H,1-4H3,(H2,15,19,20). The summed E-state index contributed by atoms with van der Waals surface area (Å²) in [5, 5.41) is 8.53. The van der Waals surface area contributed by atoms with E-state index >= 15 is 0 Å². The summed E-state index contributed by atoms with van der Waals surface area (Å²) >= 11 is 0. The molecule has 0 amide bonds. The quantitative estimate of drug-likeness (QED) is 0.902. The zero-order valence-corrected chi connectivity index (χ0v) is 13.4. The normalized spacial score (nSPS) is 13.2. The van der Waals surface area contributed by atoms with Gasteiger partial charge in [0, 0.05) is 25.1 Å². The van der Waals surface area contributed by atoms with Crippen molar-refractivity contribution in [3.05, 3.63) is 41.5 Å². The summed E-state index contributed by atoms with van der Waals surface area (Å²) in [5.41, 5.74) is 2.61. The van der Waals surface area contributed by atoms with Gasteiger partial charge in [0.2, 0.25) is 10.0 Å². The molecule has 0 aliphatic rings. The molecule has 0 fully saturated rings. The molecule has 0 radical (unpaired) electrons. The monoisotopic (exact) mass is 308 g/mol. The molecule has 1 aromatic carbocycles. The summed E-state index contributed by atoms with van der Waals surface area (Å²) in [5.74, 6) is 0.869. The van der Waals surface area contributed by atoms with E-state index in [1.165, 1.54) is 0 Å². The molecule has 0 aliphatic carbocycles. The zero-order chi connectivity index (χ0) is 15.8. The fraction of sp³-hybridized carbons (Fsp3) is 0.357. The minimum absolute atomic E-state index is 0.0566. The first-order valence-corrected chi connectivity index (χ1v) is 8.12. The number of nitrogens with one attached hydrogen (secondary N) is 1. The van der Waals surface area contributed by atoms with Crippen LogP contribution in [0.3, 0.4) is 0 Å². The Morgan fingerprint density at radius 3 is 2.52 bits per heavy atom. The molecular weight excluding hydrogens is 288 g/mol. The number of hydrogen-bond donors (Lipinski definition) is 2. The van der Waals surface area contributed by atoms with Gasteiger partial charge in [0.15, 0.2) is 0 Å². The molecule has 0 spiro atoms. The number of imidazole rings is 1. The van der Waals surface area contributed by atoms with E-state index in [2.05, 4.69) is 10.3 Å². The van der Waals surface area contributed by atoms with Gasteiger partial charge in [-0.05, 0) is 44.0 Å². The zero-order valence-electron chi connectivity index (χ0n) is 12.6. The third kappa shape index (κ3) is 3.25. The van der Waals surface area contributed by atoms with Crippen LogP contribution in [0.25, 0.3) is 0 Å². The van der Waals surface area contributed by atoms with Gasteiger partial charge in [-0.15, -0.1) is 0 Å². The van der Waals surface area contributed by atoms with E-state index in [4.69, 9.17) is 5.14 Å². The maximum absolute atomic E-state index is 11.6. The van der Waals surface area contributed by atoms with Crippen LogP contribution in [0.1, 0.15) is 29.9 Å². The second-order valence-electron chi connectivity index (χ2n) is 5.22. The van der Waals surface area contributed by atoms with Crippen molar-refractivity contribution in [3.8, 4) is 0 Å². The molecule has 2 aromatic rings. The average Bonchev–Trinajstić information content (AvgIpc) is 2.79. The molecule has 1 atom stereocenters. The Morgan fingerprint density at radius 1 is 1.33 bits per heavy atom. The largest absolute Gasteiger partial charge is 0.375 e. The molecule has 0 saturated heterocycles. The Kier molecular flexibility index (Phi) is 4.06. The fourth-order valence-electron chi connectivity index (χ4n) is 2.23. The van der Waals surface area contributed by atoms with E-state index in [0.29, 0.717) is 0 Å². The van der Waals surface area contributed by atoms with Crippen LogP contribution in [0, 0.1) is 13.8 Å². The summed E-state index contributed by atoms with van der Waals surface area (Å²) in [4.78, 5) is 4.40. The molecular formula is C14H20N4O2S. The lowest BCUT2D eigenvalue weighted by atomic mass is 10.1. The highest BCUT2D eigenvalue weighted by atomic mass is 32.2. The summed E-state index contributed by atoms with van der Waals surface area (Å²) < 4.78 is 25.0. The van der Waals surface area contributed by atoms with E-state index in [0.717, 1.165) is 22.6 Å². The summed E-state index contributed by atoms with van der Waals surface area (Å²) in [6.07, 6.45) is 3.60. The number of nitrogens with two attached hydrogens (primary N) is 1. The molecule has 1 unspecified atom stereocenters. The Morgan fingerprint density at radius 2 is 2.00 bits per heavy atom. The maximum Gasteiger partial charge on any atom is 0.238 e. The molecule has 6 nitrogen and oxygen atoms in total. The maximum atomic E-state index is 11.6. The highest BCUT2D eigenvalue weighted by Gasteiger charge is 2.16. The Balaban J connectivity index is 2.40. The second-order valence-corrected chi connectivity index (χ2v) is 6.78. The molecule has 1 heterocycles. The van der Waals surface area contributed by atoms with Crippen LogP contribution in [-0.4, -0.2) is 18.0 Å². The molecule has 2 rings (SSSR count). The van der Waals surface area contributed by atoms with Crippen LogP contribution in [0.4, 0.5) is 5.69 Å². The van der Waals surface area contributed by atoms with Crippen molar-refractivity contribution < 1.29 is 8.42 Å². The Labute approximate surface area is 125 Å². The van der Waals surface area contributed by atoms with Crippen molar-refractivity contribution in [2.45, 2.75) is 31.7 Å². The molecule has 114 valence electrons. The summed E-state index contributed by atoms with van der Waals surface area (Å²) in [6, 6.07) is 3.09. The van der Waals surface area contributed by atoms with Gasteiger partial charge in [0.25, 0.3) is 0 Å².